The molecule has 0 amide bonds. The molecular weight excluding hydrogens is 256 g/mol. The van der Waals surface area contributed by atoms with E-state index in [4.69, 9.17) is 9.47 Å². The Morgan fingerprint density at radius 1 is 1.30 bits per heavy atom. The van der Waals surface area contributed by atoms with Crippen molar-refractivity contribution in [2.75, 3.05) is 13.2 Å². The van der Waals surface area contributed by atoms with E-state index in [-0.39, 0.29) is 0 Å². The predicted molar refractivity (Wildman–Crippen MR) is 74.0 cm³/mol. The minimum atomic E-state index is -0.599. The summed E-state index contributed by atoms with van der Waals surface area (Å²) in [4.78, 5) is 4.29. The summed E-state index contributed by atoms with van der Waals surface area (Å²) in [5.74, 6) is 2.32. The first-order valence-electron chi connectivity index (χ1n) is 6.85. The highest BCUT2D eigenvalue weighted by molar-refractivity contribution is 5.44. The molecule has 0 bridgehead atoms. The van der Waals surface area contributed by atoms with Crippen molar-refractivity contribution in [1.82, 2.24) is 9.55 Å². The van der Waals surface area contributed by atoms with E-state index in [9.17, 15) is 5.11 Å². The van der Waals surface area contributed by atoms with Gasteiger partial charge in [-0.2, -0.15) is 0 Å². The van der Waals surface area contributed by atoms with Gasteiger partial charge in [-0.3, -0.25) is 0 Å². The van der Waals surface area contributed by atoms with E-state index in [0.717, 1.165) is 23.7 Å². The number of benzene rings is 1. The second-order valence-electron chi connectivity index (χ2n) is 4.75. The standard InChI is InChI=1S/C15H18N2O3/c1-2-17-6-5-16-15(17)10-12(18)11-3-4-13-14(9-11)20-8-7-19-13/h3-6,9,12,18H,2,7-8,10H2,1H3. The van der Waals surface area contributed by atoms with Crippen molar-refractivity contribution >= 4 is 0 Å². The molecule has 1 unspecified atom stereocenters. The third kappa shape index (κ3) is 2.49. The van der Waals surface area contributed by atoms with Gasteiger partial charge in [0.05, 0.1) is 6.10 Å². The van der Waals surface area contributed by atoms with Crippen LogP contribution in [0.25, 0.3) is 0 Å². The number of hydrogen-bond acceptors (Lipinski definition) is 4. The van der Waals surface area contributed by atoms with Gasteiger partial charge in [-0.05, 0) is 24.6 Å². The zero-order valence-electron chi connectivity index (χ0n) is 11.5. The maximum absolute atomic E-state index is 10.4. The van der Waals surface area contributed by atoms with Crippen LogP contribution in [0, 0.1) is 0 Å². The van der Waals surface area contributed by atoms with Crippen LogP contribution in [-0.4, -0.2) is 27.9 Å². The summed E-state index contributed by atoms with van der Waals surface area (Å²) < 4.78 is 13.0. The molecule has 3 rings (SSSR count). The molecule has 5 heteroatoms. The Kier molecular flexibility index (Phi) is 3.60. The molecule has 1 atom stereocenters. The van der Waals surface area contributed by atoms with Crippen LogP contribution in [-0.2, 0) is 13.0 Å². The lowest BCUT2D eigenvalue weighted by Crippen LogP contribution is -2.16. The van der Waals surface area contributed by atoms with Crippen molar-refractivity contribution in [2.45, 2.75) is 26.0 Å². The summed E-state index contributed by atoms with van der Waals surface area (Å²) in [6.45, 7) is 4.03. The Balaban J connectivity index is 1.78. The average Bonchev–Trinajstić information content (AvgIpc) is 2.94. The van der Waals surface area contributed by atoms with Crippen LogP contribution >= 0.6 is 0 Å². The third-order valence-electron chi connectivity index (χ3n) is 3.47. The van der Waals surface area contributed by atoms with Gasteiger partial charge >= 0.3 is 0 Å². The predicted octanol–water partition coefficient (Wildman–Crippen LogP) is 1.95. The molecule has 1 aromatic heterocycles. The molecule has 106 valence electrons. The van der Waals surface area contributed by atoms with Crippen LogP contribution in [0.1, 0.15) is 24.4 Å². The van der Waals surface area contributed by atoms with Crippen molar-refractivity contribution in [3.05, 3.63) is 42.0 Å². The number of ether oxygens (including phenoxy) is 2. The summed E-state index contributed by atoms with van der Waals surface area (Å²) in [5.41, 5.74) is 0.819. The number of aromatic nitrogens is 2. The number of fused-ring (bicyclic) bond motifs is 1. The second kappa shape index (κ2) is 5.54. The van der Waals surface area contributed by atoms with Gasteiger partial charge in [0, 0.05) is 25.4 Å². The fraction of sp³-hybridized carbons (Fsp3) is 0.400. The second-order valence-corrected chi connectivity index (χ2v) is 4.75. The number of aliphatic hydroxyl groups is 1. The quantitative estimate of drug-likeness (QED) is 0.926. The van der Waals surface area contributed by atoms with Crippen LogP contribution < -0.4 is 9.47 Å². The number of nitrogens with zero attached hydrogens (tertiary/aromatic N) is 2. The highest BCUT2D eigenvalue weighted by Crippen LogP contribution is 2.33. The molecule has 0 fully saturated rings. The lowest BCUT2D eigenvalue weighted by Gasteiger charge is -2.20. The van der Waals surface area contributed by atoms with Crippen LogP contribution in [0.4, 0.5) is 0 Å². The van der Waals surface area contributed by atoms with Crippen molar-refractivity contribution in [3.8, 4) is 11.5 Å². The smallest absolute Gasteiger partial charge is 0.161 e. The first-order chi connectivity index (χ1) is 9.78. The topological polar surface area (TPSA) is 56.5 Å². The SMILES string of the molecule is CCn1ccnc1CC(O)c1ccc2c(c1)OCCO2. The molecule has 0 saturated heterocycles. The third-order valence-corrected chi connectivity index (χ3v) is 3.47. The first-order valence-corrected chi connectivity index (χ1v) is 6.85. The van der Waals surface area contributed by atoms with Crippen molar-refractivity contribution in [3.63, 3.8) is 0 Å². The Morgan fingerprint density at radius 2 is 2.10 bits per heavy atom. The van der Waals surface area contributed by atoms with Crippen molar-refractivity contribution in [1.29, 1.82) is 0 Å². The molecule has 0 spiro atoms. The van der Waals surface area contributed by atoms with E-state index in [1.807, 2.05) is 29.0 Å². The lowest BCUT2D eigenvalue weighted by molar-refractivity contribution is 0.163. The minimum absolute atomic E-state index is 0.487. The molecular formula is C15H18N2O3. The van der Waals surface area contributed by atoms with Crippen molar-refractivity contribution < 1.29 is 14.6 Å². The van der Waals surface area contributed by atoms with E-state index < -0.39 is 6.10 Å². The fourth-order valence-electron chi connectivity index (χ4n) is 2.38. The molecule has 1 N–H and O–H groups in total. The Morgan fingerprint density at radius 3 is 2.90 bits per heavy atom. The van der Waals surface area contributed by atoms with Gasteiger partial charge in [-0.25, -0.2) is 4.98 Å². The summed E-state index contributed by atoms with van der Waals surface area (Å²) >= 11 is 0. The zero-order valence-corrected chi connectivity index (χ0v) is 11.5. The van der Waals surface area contributed by atoms with Gasteiger partial charge in [-0.15, -0.1) is 0 Å². The highest BCUT2D eigenvalue weighted by atomic mass is 16.6. The van der Waals surface area contributed by atoms with Gasteiger partial charge in [0.15, 0.2) is 11.5 Å². The number of aryl methyl sites for hydroxylation is 1. The number of rotatable bonds is 4. The van der Waals surface area contributed by atoms with E-state index in [0.29, 0.717) is 25.4 Å². The number of imidazole rings is 1. The lowest BCUT2D eigenvalue weighted by atomic mass is 10.1. The maximum atomic E-state index is 10.4. The molecule has 1 aliphatic heterocycles. The van der Waals surface area contributed by atoms with E-state index >= 15 is 0 Å². The maximum Gasteiger partial charge on any atom is 0.161 e. The van der Waals surface area contributed by atoms with Gasteiger partial charge < -0.3 is 19.1 Å². The molecule has 1 aromatic carbocycles. The van der Waals surface area contributed by atoms with Gasteiger partial charge in [0.25, 0.3) is 0 Å². The molecule has 0 radical (unpaired) electrons. The van der Waals surface area contributed by atoms with Crippen LogP contribution in [0.5, 0.6) is 11.5 Å². The zero-order chi connectivity index (χ0) is 13.9. The summed E-state index contributed by atoms with van der Waals surface area (Å²) in [6, 6.07) is 5.56. The molecule has 2 heterocycles. The Labute approximate surface area is 117 Å². The normalized spacial score (nSPS) is 15.1. The number of aliphatic hydroxyl groups excluding tert-OH is 1. The van der Waals surface area contributed by atoms with Crippen LogP contribution in [0.2, 0.25) is 0 Å². The average molecular weight is 274 g/mol. The van der Waals surface area contributed by atoms with Gasteiger partial charge in [-0.1, -0.05) is 6.07 Å². The van der Waals surface area contributed by atoms with E-state index in [1.54, 1.807) is 6.20 Å². The van der Waals surface area contributed by atoms with Crippen molar-refractivity contribution in [2.24, 2.45) is 0 Å². The first kappa shape index (κ1) is 13.0. The van der Waals surface area contributed by atoms with Crippen LogP contribution in [0.3, 0.4) is 0 Å². The highest BCUT2D eigenvalue weighted by Gasteiger charge is 2.17. The Bertz CT molecular complexity index is 595. The van der Waals surface area contributed by atoms with Crippen LogP contribution in [0.15, 0.2) is 30.6 Å². The summed E-state index contributed by atoms with van der Waals surface area (Å²) in [7, 11) is 0. The number of hydrogen-bond donors (Lipinski definition) is 1. The largest absolute Gasteiger partial charge is 0.486 e. The molecule has 0 saturated carbocycles. The van der Waals surface area contributed by atoms with Gasteiger partial charge in [0.2, 0.25) is 0 Å². The molecule has 0 aliphatic carbocycles. The molecule has 20 heavy (non-hydrogen) atoms. The fourth-order valence-corrected chi connectivity index (χ4v) is 2.38. The summed E-state index contributed by atoms with van der Waals surface area (Å²) in [5, 5.41) is 10.4. The van der Waals surface area contributed by atoms with E-state index in [1.165, 1.54) is 0 Å². The minimum Gasteiger partial charge on any atom is -0.486 e. The monoisotopic (exact) mass is 274 g/mol. The van der Waals surface area contributed by atoms with E-state index in [2.05, 4.69) is 11.9 Å². The Hall–Kier alpha value is -2.01. The summed E-state index contributed by atoms with van der Waals surface area (Å²) in [6.07, 6.45) is 3.57. The molecule has 5 nitrogen and oxygen atoms in total. The van der Waals surface area contributed by atoms with Gasteiger partial charge in [0.1, 0.15) is 19.0 Å². The molecule has 1 aliphatic rings. The molecule has 2 aromatic rings.